The number of ether oxygens (including phenoxy) is 1. The third-order valence-electron chi connectivity index (χ3n) is 1.97. The topological polar surface area (TPSA) is 95.5 Å². The summed E-state index contributed by atoms with van der Waals surface area (Å²) in [4.78, 5) is 21.4. The van der Waals surface area contributed by atoms with E-state index in [0.29, 0.717) is 10.9 Å². The van der Waals surface area contributed by atoms with Gasteiger partial charge in [-0.05, 0) is 11.6 Å². The van der Waals surface area contributed by atoms with Crippen molar-refractivity contribution < 1.29 is 14.5 Å². The number of nitrogens with two attached hydrogens (primary N) is 1. The molecule has 7 heteroatoms. The molecule has 0 aromatic heterocycles. The van der Waals surface area contributed by atoms with Crippen molar-refractivity contribution in [1.82, 2.24) is 0 Å². The molecule has 0 fully saturated rings. The molecule has 16 heavy (non-hydrogen) atoms. The van der Waals surface area contributed by atoms with Gasteiger partial charge in [-0.2, -0.15) is 0 Å². The first-order chi connectivity index (χ1) is 7.51. The maximum atomic E-state index is 11.3. The zero-order chi connectivity index (χ0) is 12.3. The number of benzene rings is 1. The van der Waals surface area contributed by atoms with Gasteiger partial charge in [0.15, 0.2) is 0 Å². The van der Waals surface area contributed by atoms with Gasteiger partial charge >= 0.3 is 5.97 Å². The van der Waals surface area contributed by atoms with Crippen molar-refractivity contribution in [2.75, 3.05) is 12.8 Å². The molecule has 0 aliphatic carbocycles. The van der Waals surface area contributed by atoms with Gasteiger partial charge in [0, 0.05) is 11.4 Å². The minimum Gasteiger partial charge on any atom is -0.465 e. The number of rotatable bonds is 3. The number of anilines is 1. The van der Waals surface area contributed by atoms with Crippen LogP contribution < -0.4 is 5.73 Å². The molecule has 6 nitrogen and oxygen atoms in total. The first-order valence-corrected chi connectivity index (χ1v) is 5.34. The quantitative estimate of drug-likeness (QED) is 0.301. The molecule has 0 spiro atoms. The summed E-state index contributed by atoms with van der Waals surface area (Å²) >= 11 is 3.16. The number of nitrogen functional groups attached to an aromatic ring is 1. The van der Waals surface area contributed by atoms with Crippen LogP contribution in [0, 0.1) is 10.1 Å². The maximum Gasteiger partial charge on any atom is 0.340 e. The van der Waals surface area contributed by atoms with Gasteiger partial charge in [0.2, 0.25) is 0 Å². The van der Waals surface area contributed by atoms with E-state index in [-0.39, 0.29) is 16.9 Å². The highest BCUT2D eigenvalue weighted by Gasteiger charge is 2.21. The Morgan fingerprint density at radius 2 is 2.25 bits per heavy atom. The second kappa shape index (κ2) is 4.93. The molecule has 0 amide bonds. The summed E-state index contributed by atoms with van der Waals surface area (Å²) in [6.45, 7) is 0. The van der Waals surface area contributed by atoms with Gasteiger partial charge in [0.25, 0.3) is 5.69 Å². The molecule has 0 heterocycles. The Morgan fingerprint density at radius 3 is 2.69 bits per heavy atom. The van der Waals surface area contributed by atoms with Gasteiger partial charge < -0.3 is 10.5 Å². The number of nitro groups is 1. The number of carbonyl (C=O) groups excluding carboxylic acids is 1. The summed E-state index contributed by atoms with van der Waals surface area (Å²) < 4.78 is 4.49. The highest BCUT2D eigenvalue weighted by atomic mass is 79.9. The standard InChI is InChI=1S/C9H9BrN2O4/c1-16-9(13)6-2-5(4-10)3-7(8(6)11)12(14)15/h2-3H,4,11H2,1H3. The first-order valence-electron chi connectivity index (χ1n) is 4.22. The van der Waals surface area contributed by atoms with E-state index in [1.54, 1.807) is 0 Å². The molecule has 1 aromatic carbocycles. The lowest BCUT2D eigenvalue weighted by Crippen LogP contribution is -2.08. The smallest absolute Gasteiger partial charge is 0.340 e. The third-order valence-corrected chi connectivity index (χ3v) is 2.62. The second-order valence-electron chi connectivity index (χ2n) is 2.96. The lowest BCUT2D eigenvalue weighted by Gasteiger charge is -2.06. The van der Waals surface area contributed by atoms with Crippen molar-refractivity contribution in [3.63, 3.8) is 0 Å². The van der Waals surface area contributed by atoms with Crippen LogP contribution in [0.5, 0.6) is 0 Å². The Labute approximate surface area is 99.7 Å². The highest BCUT2D eigenvalue weighted by Crippen LogP contribution is 2.28. The number of hydrogen-bond donors (Lipinski definition) is 1. The molecular weight excluding hydrogens is 280 g/mol. The first kappa shape index (κ1) is 12.4. The number of esters is 1. The van der Waals surface area contributed by atoms with Crippen molar-refractivity contribution in [3.8, 4) is 0 Å². The number of carbonyl (C=O) groups is 1. The Bertz CT molecular complexity index is 447. The fourth-order valence-electron chi connectivity index (χ4n) is 1.20. The SMILES string of the molecule is COC(=O)c1cc(CBr)cc([N+](=O)[O-])c1N. The number of nitro benzene ring substituents is 1. The van der Waals surface area contributed by atoms with Gasteiger partial charge in [-0.1, -0.05) is 15.9 Å². The van der Waals surface area contributed by atoms with Crippen LogP contribution in [0.2, 0.25) is 0 Å². The molecule has 0 saturated heterocycles. The molecule has 0 aliphatic rings. The monoisotopic (exact) mass is 288 g/mol. The van der Waals surface area contributed by atoms with Gasteiger partial charge in [0.1, 0.15) is 5.69 Å². The van der Waals surface area contributed by atoms with E-state index in [4.69, 9.17) is 5.73 Å². The molecule has 0 atom stereocenters. The van der Waals surface area contributed by atoms with Gasteiger partial charge in [-0.3, -0.25) is 10.1 Å². The number of halogens is 1. The third kappa shape index (κ3) is 2.30. The van der Waals surface area contributed by atoms with Crippen LogP contribution in [0.1, 0.15) is 15.9 Å². The Kier molecular flexibility index (Phi) is 3.83. The van der Waals surface area contributed by atoms with Crippen molar-refractivity contribution in [2.45, 2.75) is 5.33 Å². The Hall–Kier alpha value is -1.63. The molecule has 1 rings (SSSR count). The van der Waals surface area contributed by atoms with Gasteiger partial charge in [0.05, 0.1) is 17.6 Å². The molecule has 1 aromatic rings. The fourth-order valence-corrected chi connectivity index (χ4v) is 1.53. The number of alkyl halides is 1. The van der Waals surface area contributed by atoms with E-state index in [1.807, 2.05) is 0 Å². The normalized spacial score (nSPS) is 9.88. The molecule has 0 bridgehead atoms. The predicted molar refractivity (Wildman–Crippen MR) is 61.5 cm³/mol. The zero-order valence-corrected chi connectivity index (χ0v) is 9.98. The van der Waals surface area contributed by atoms with Crippen molar-refractivity contribution in [3.05, 3.63) is 33.4 Å². The number of hydrogen-bond acceptors (Lipinski definition) is 5. The molecular formula is C9H9BrN2O4. The summed E-state index contributed by atoms with van der Waals surface area (Å²) in [6.07, 6.45) is 0. The summed E-state index contributed by atoms with van der Waals surface area (Å²) in [5.74, 6) is -0.691. The van der Waals surface area contributed by atoms with E-state index < -0.39 is 10.9 Å². The fraction of sp³-hybridized carbons (Fsp3) is 0.222. The summed E-state index contributed by atoms with van der Waals surface area (Å²) in [7, 11) is 1.19. The lowest BCUT2D eigenvalue weighted by atomic mass is 10.1. The van der Waals surface area contributed by atoms with Crippen LogP contribution >= 0.6 is 15.9 Å². The highest BCUT2D eigenvalue weighted by molar-refractivity contribution is 9.08. The summed E-state index contributed by atoms with van der Waals surface area (Å²) in [5, 5.41) is 11.1. The van der Waals surface area contributed by atoms with Crippen LogP contribution in [-0.2, 0) is 10.1 Å². The number of methoxy groups -OCH3 is 1. The van der Waals surface area contributed by atoms with Crippen LogP contribution in [-0.4, -0.2) is 18.0 Å². The van der Waals surface area contributed by atoms with E-state index in [9.17, 15) is 14.9 Å². The van der Waals surface area contributed by atoms with Crippen molar-refractivity contribution in [1.29, 1.82) is 0 Å². The van der Waals surface area contributed by atoms with Crippen molar-refractivity contribution in [2.24, 2.45) is 0 Å². The largest absolute Gasteiger partial charge is 0.465 e. The minimum atomic E-state index is -0.691. The average molecular weight is 289 g/mol. The number of nitrogens with zero attached hydrogens (tertiary/aromatic N) is 1. The van der Waals surface area contributed by atoms with Crippen LogP contribution in [0.15, 0.2) is 12.1 Å². The molecule has 86 valence electrons. The molecule has 0 unspecified atom stereocenters. The summed E-state index contributed by atoms with van der Waals surface area (Å²) in [6, 6.07) is 2.78. The average Bonchev–Trinajstić information content (AvgIpc) is 2.28. The Balaban J connectivity index is 3.43. The lowest BCUT2D eigenvalue weighted by molar-refractivity contribution is -0.384. The summed E-state index contributed by atoms with van der Waals surface area (Å²) in [5.41, 5.74) is 5.64. The molecule has 0 aliphatic heterocycles. The zero-order valence-electron chi connectivity index (χ0n) is 8.40. The van der Waals surface area contributed by atoms with Crippen molar-refractivity contribution >= 4 is 33.3 Å². The van der Waals surface area contributed by atoms with E-state index in [0.717, 1.165) is 0 Å². The van der Waals surface area contributed by atoms with Crippen LogP contribution in [0.3, 0.4) is 0 Å². The predicted octanol–water partition coefficient (Wildman–Crippen LogP) is 1.86. The van der Waals surface area contributed by atoms with Gasteiger partial charge in [-0.15, -0.1) is 0 Å². The Morgan fingerprint density at radius 1 is 1.62 bits per heavy atom. The minimum absolute atomic E-state index is 0.00569. The van der Waals surface area contributed by atoms with Crippen LogP contribution in [0.25, 0.3) is 0 Å². The van der Waals surface area contributed by atoms with E-state index in [2.05, 4.69) is 20.7 Å². The molecule has 0 saturated carbocycles. The van der Waals surface area contributed by atoms with Crippen LogP contribution in [0.4, 0.5) is 11.4 Å². The van der Waals surface area contributed by atoms with E-state index in [1.165, 1.54) is 19.2 Å². The molecule has 2 N–H and O–H groups in total. The van der Waals surface area contributed by atoms with E-state index >= 15 is 0 Å². The second-order valence-corrected chi connectivity index (χ2v) is 3.52. The molecule has 0 radical (unpaired) electrons. The maximum absolute atomic E-state index is 11.3. The van der Waals surface area contributed by atoms with Gasteiger partial charge in [-0.25, -0.2) is 4.79 Å².